The van der Waals surface area contributed by atoms with Gasteiger partial charge in [0.05, 0.1) is 63.6 Å². The smallest absolute Gasteiger partial charge is 0.333 e. The minimum Gasteiger partial charge on any atom is -0.462 e. The molecule has 0 unspecified atom stereocenters. The molecule has 16 heteroatoms. The van der Waals surface area contributed by atoms with E-state index in [9.17, 15) is 28.8 Å². The number of fused-ring (bicyclic) bond motifs is 4. The van der Waals surface area contributed by atoms with E-state index in [4.69, 9.17) is 61.6 Å². The molecule has 1 aliphatic rings. The number of aromatic nitrogens is 2. The van der Waals surface area contributed by atoms with Gasteiger partial charge < -0.3 is 28.4 Å². The SMILES string of the molecule is C=C(C)C(=O)OCCOC(=O)CCC(=O)Oc1ccc(C2(c3ccc(OC(=O)CCC(=O)OCCOC(=O)C(=C)C)cc3)c3ccccc3-c3nc4cc(Cl)c(Cl)cc4nc32)cc1. The number of halogens is 2. The fourth-order valence-corrected chi connectivity index (χ4v) is 7.00. The van der Waals surface area contributed by atoms with Crippen molar-refractivity contribution >= 4 is 70.1 Å². The quantitative estimate of drug-likeness (QED) is 0.0266. The van der Waals surface area contributed by atoms with E-state index in [1.165, 1.54) is 13.8 Å². The molecular weight excluding hydrogens is 855 g/mol. The lowest BCUT2D eigenvalue weighted by molar-refractivity contribution is -0.151. The first-order chi connectivity index (χ1) is 30.2. The minimum atomic E-state index is -1.12. The number of carbonyl (C=O) groups is 6. The fourth-order valence-electron chi connectivity index (χ4n) is 6.69. The van der Waals surface area contributed by atoms with Crippen LogP contribution in [0.2, 0.25) is 10.0 Å². The first kappa shape index (κ1) is 45.6. The third-order valence-electron chi connectivity index (χ3n) is 9.61. The number of nitrogens with zero attached hydrogens (tertiary/aromatic N) is 2. The van der Waals surface area contributed by atoms with Gasteiger partial charge in [-0.25, -0.2) is 19.6 Å². The number of benzene rings is 4. The van der Waals surface area contributed by atoms with Gasteiger partial charge in [0.15, 0.2) is 0 Å². The topological polar surface area (TPSA) is 184 Å². The molecule has 0 spiro atoms. The summed E-state index contributed by atoms with van der Waals surface area (Å²) in [7, 11) is 0. The number of hydrogen-bond donors (Lipinski definition) is 0. The standard InChI is InChI=1S/C47H40Cl2N2O12/c1-27(2)45(56)60-23-21-58-39(52)17-19-41(54)62-31-13-9-29(10-14-31)47(34-8-6-5-7-33(34)43-44(47)51-38-26-36(49)35(48)25-37(38)50-43)30-11-15-32(16-12-30)63-42(55)20-18-40(53)59-22-24-61-46(57)28(3)4/h5-16,25-26H,1,3,17-24H2,2,4H3. The zero-order chi connectivity index (χ0) is 45.3. The van der Waals surface area contributed by atoms with Gasteiger partial charge in [0.1, 0.15) is 37.9 Å². The molecule has 1 heterocycles. The predicted molar refractivity (Wildman–Crippen MR) is 230 cm³/mol. The molecule has 0 aliphatic heterocycles. The second-order valence-corrected chi connectivity index (χ2v) is 15.1. The lowest BCUT2D eigenvalue weighted by atomic mass is 9.69. The summed E-state index contributed by atoms with van der Waals surface area (Å²) in [5, 5.41) is 0.620. The zero-order valence-electron chi connectivity index (χ0n) is 34.2. The highest BCUT2D eigenvalue weighted by Crippen LogP contribution is 2.55. The zero-order valence-corrected chi connectivity index (χ0v) is 35.7. The molecule has 0 N–H and O–H groups in total. The van der Waals surface area contributed by atoms with E-state index >= 15 is 0 Å². The second kappa shape index (κ2) is 20.3. The van der Waals surface area contributed by atoms with Gasteiger partial charge in [-0.1, -0.05) is 84.9 Å². The van der Waals surface area contributed by atoms with Crippen LogP contribution in [0.25, 0.3) is 22.3 Å². The summed E-state index contributed by atoms with van der Waals surface area (Å²) >= 11 is 12.8. The summed E-state index contributed by atoms with van der Waals surface area (Å²) in [4.78, 5) is 83.2. The van der Waals surface area contributed by atoms with Gasteiger partial charge in [-0.2, -0.15) is 0 Å². The maximum atomic E-state index is 12.8. The van der Waals surface area contributed by atoms with Crippen molar-refractivity contribution in [3.05, 3.63) is 142 Å². The van der Waals surface area contributed by atoms with Gasteiger partial charge in [0.2, 0.25) is 0 Å². The number of ether oxygens (including phenoxy) is 6. The van der Waals surface area contributed by atoms with Crippen LogP contribution in [0.4, 0.5) is 0 Å². The predicted octanol–water partition coefficient (Wildman–Crippen LogP) is 8.00. The Morgan fingerprint density at radius 3 is 1.43 bits per heavy atom. The van der Waals surface area contributed by atoms with Crippen LogP contribution in [-0.4, -0.2) is 72.2 Å². The summed E-state index contributed by atoms with van der Waals surface area (Å²) < 4.78 is 31.0. The monoisotopic (exact) mass is 894 g/mol. The van der Waals surface area contributed by atoms with E-state index in [1.807, 2.05) is 24.3 Å². The van der Waals surface area contributed by atoms with Crippen molar-refractivity contribution in [1.82, 2.24) is 9.97 Å². The highest BCUT2D eigenvalue weighted by Gasteiger charge is 2.48. The van der Waals surface area contributed by atoms with Crippen molar-refractivity contribution in [2.45, 2.75) is 44.9 Å². The van der Waals surface area contributed by atoms with Gasteiger partial charge in [-0.05, 0) is 66.9 Å². The maximum absolute atomic E-state index is 12.8. The molecule has 4 aromatic carbocycles. The van der Waals surface area contributed by atoms with Crippen LogP contribution < -0.4 is 9.47 Å². The first-order valence-electron chi connectivity index (χ1n) is 19.5. The molecule has 14 nitrogen and oxygen atoms in total. The van der Waals surface area contributed by atoms with Crippen LogP contribution in [0.3, 0.4) is 0 Å². The molecule has 0 amide bonds. The summed E-state index contributed by atoms with van der Waals surface area (Å²) in [5.74, 6) is -3.44. The maximum Gasteiger partial charge on any atom is 0.333 e. The molecule has 5 aromatic rings. The molecule has 1 aliphatic carbocycles. The van der Waals surface area contributed by atoms with Gasteiger partial charge >= 0.3 is 35.8 Å². The minimum absolute atomic E-state index is 0.146. The van der Waals surface area contributed by atoms with Crippen molar-refractivity contribution in [2.24, 2.45) is 0 Å². The number of rotatable bonds is 18. The Kier molecular flexibility index (Phi) is 14.7. The Morgan fingerprint density at radius 1 is 0.556 bits per heavy atom. The Morgan fingerprint density at radius 2 is 0.968 bits per heavy atom. The van der Waals surface area contributed by atoms with Crippen LogP contribution >= 0.6 is 23.2 Å². The van der Waals surface area contributed by atoms with Crippen LogP contribution in [0.15, 0.2) is 109 Å². The molecule has 6 rings (SSSR count). The van der Waals surface area contributed by atoms with E-state index in [-0.39, 0.29) is 74.8 Å². The number of esters is 6. The molecule has 63 heavy (non-hydrogen) atoms. The van der Waals surface area contributed by atoms with Crippen molar-refractivity contribution in [2.75, 3.05) is 26.4 Å². The van der Waals surface area contributed by atoms with Crippen molar-refractivity contribution in [3.63, 3.8) is 0 Å². The van der Waals surface area contributed by atoms with Crippen molar-refractivity contribution in [1.29, 1.82) is 0 Å². The number of hydrogen-bond acceptors (Lipinski definition) is 14. The van der Waals surface area contributed by atoms with Crippen LogP contribution in [0.1, 0.15) is 61.9 Å². The van der Waals surface area contributed by atoms with Gasteiger partial charge in [-0.15, -0.1) is 0 Å². The Hall–Kier alpha value is -6.90. The Labute approximate surface area is 371 Å². The van der Waals surface area contributed by atoms with E-state index in [0.29, 0.717) is 32.5 Å². The van der Waals surface area contributed by atoms with Gasteiger partial charge in [-0.3, -0.25) is 19.2 Å². The molecule has 0 saturated heterocycles. The average molecular weight is 896 g/mol. The lowest BCUT2D eigenvalue weighted by Crippen LogP contribution is -2.29. The van der Waals surface area contributed by atoms with Crippen molar-refractivity contribution in [3.8, 4) is 22.8 Å². The fraction of sp³-hybridized carbons (Fsp3) is 0.234. The highest BCUT2D eigenvalue weighted by molar-refractivity contribution is 6.42. The molecule has 0 atom stereocenters. The third kappa shape index (κ3) is 10.8. The normalized spacial score (nSPS) is 12.0. The van der Waals surface area contributed by atoms with Crippen molar-refractivity contribution < 1.29 is 57.2 Å². The molecular formula is C47H40Cl2N2O12. The third-order valence-corrected chi connectivity index (χ3v) is 10.3. The molecule has 0 bridgehead atoms. The van der Waals surface area contributed by atoms with Gasteiger partial charge in [0.25, 0.3) is 0 Å². The largest absolute Gasteiger partial charge is 0.462 e. The van der Waals surface area contributed by atoms with Crippen LogP contribution in [0.5, 0.6) is 11.5 Å². The summed E-state index contributed by atoms with van der Waals surface area (Å²) in [5.41, 5.74) is 4.60. The van der Waals surface area contributed by atoms with E-state index in [1.54, 1.807) is 60.7 Å². The Balaban J connectivity index is 1.22. The summed E-state index contributed by atoms with van der Waals surface area (Å²) in [6, 6.07) is 24.7. The summed E-state index contributed by atoms with van der Waals surface area (Å²) in [6.07, 6.45) is -1.03. The van der Waals surface area contributed by atoms with Crippen LogP contribution in [-0.2, 0) is 53.1 Å². The lowest BCUT2D eigenvalue weighted by Gasteiger charge is -2.32. The second-order valence-electron chi connectivity index (χ2n) is 14.2. The highest BCUT2D eigenvalue weighted by atomic mass is 35.5. The average Bonchev–Trinajstić information content (AvgIpc) is 3.54. The molecule has 1 aromatic heterocycles. The Bertz CT molecular complexity index is 2520. The van der Waals surface area contributed by atoms with E-state index < -0.39 is 41.2 Å². The molecule has 0 radical (unpaired) electrons. The van der Waals surface area contributed by atoms with Gasteiger partial charge in [0, 0.05) is 16.7 Å². The molecule has 0 saturated carbocycles. The molecule has 0 fully saturated rings. The number of carbonyl (C=O) groups excluding carboxylic acids is 6. The van der Waals surface area contributed by atoms with E-state index in [0.717, 1.165) is 22.3 Å². The molecule has 324 valence electrons. The van der Waals surface area contributed by atoms with Crippen LogP contribution in [0, 0.1) is 0 Å². The first-order valence-corrected chi connectivity index (χ1v) is 20.3. The summed E-state index contributed by atoms with van der Waals surface area (Å²) in [6.45, 7) is 9.32. The van der Waals surface area contributed by atoms with E-state index in [2.05, 4.69) is 13.2 Å².